The van der Waals surface area contributed by atoms with E-state index in [2.05, 4.69) is 5.32 Å². The van der Waals surface area contributed by atoms with E-state index in [1.165, 1.54) is 12.1 Å². The fraction of sp³-hybridized carbons (Fsp3) is 0.500. The van der Waals surface area contributed by atoms with Crippen LogP contribution in [0.2, 0.25) is 0 Å². The van der Waals surface area contributed by atoms with E-state index in [0.717, 1.165) is 25.9 Å². The second-order valence-corrected chi connectivity index (χ2v) is 4.23. The van der Waals surface area contributed by atoms with Gasteiger partial charge in [-0.25, -0.2) is 0 Å². The van der Waals surface area contributed by atoms with E-state index in [-0.39, 0.29) is 5.92 Å². The lowest BCUT2D eigenvalue weighted by Gasteiger charge is -2.23. The van der Waals surface area contributed by atoms with Gasteiger partial charge >= 0.3 is 6.18 Å². The smallest absolute Gasteiger partial charge is 0.346 e. The lowest BCUT2D eigenvalue weighted by Crippen LogP contribution is -2.86. The van der Waals surface area contributed by atoms with Crippen LogP contribution in [0.25, 0.3) is 0 Å². The molecule has 0 atom stereocenters. The number of hydrogen-bond acceptors (Lipinski definition) is 0. The van der Waals surface area contributed by atoms with Gasteiger partial charge in [-0.05, 0) is 17.5 Å². The summed E-state index contributed by atoms with van der Waals surface area (Å²) in [4.78, 5) is 0. The van der Waals surface area contributed by atoms with Crippen molar-refractivity contribution in [2.24, 2.45) is 0 Å². The largest absolute Gasteiger partial charge is 0.416 e. The van der Waals surface area contributed by atoms with Crippen LogP contribution in [0.3, 0.4) is 0 Å². The topological polar surface area (TPSA) is 16.6 Å². The van der Waals surface area contributed by atoms with E-state index in [0.29, 0.717) is 5.56 Å². The summed E-state index contributed by atoms with van der Waals surface area (Å²) in [7, 11) is 0. The maximum atomic E-state index is 12.8. The van der Waals surface area contributed by atoms with E-state index >= 15 is 0 Å². The van der Waals surface area contributed by atoms with Gasteiger partial charge in [-0.1, -0.05) is 18.2 Å². The van der Waals surface area contributed by atoms with Crippen LogP contribution in [0.5, 0.6) is 0 Å². The number of benzene rings is 1. The van der Waals surface area contributed by atoms with E-state index in [1.807, 2.05) is 0 Å². The molecule has 1 heterocycles. The Morgan fingerprint density at radius 1 is 1.06 bits per heavy atom. The molecule has 1 aromatic rings. The predicted octanol–water partition coefficient (Wildman–Crippen LogP) is 2.15. The number of nitrogens with two attached hydrogens (primary N) is 1. The average molecular weight is 230 g/mol. The first-order valence-corrected chi connectivity index (χ1v) is 5.57. The van der Waals surface area contributed by atoms with Gasteiger partial charge in [-0.2, -0.15) is 13.2 Å². The van der Waals surface area contributed by atoms with Gasteiger partial charge in [0.2, 0.25) is 0 Å². The minimum absolute atomic E-state index is 0.0721. The molecular formula is C12H15F3N+. The molecule has 1 aliphatic rings. The Kier molecular flexibility index (Phi) is 3.19. The zero-order chi connectivity index (χ0) is 11.6. The van der Waals surface area contributed by atoms with Gasteiger partial charge in [0.1, 0.15) is 0 Å². The molecule has 1 aromatic carbocycles. The Bertz CT molecular complexity index is 354. The van der Waals surface area contributed by atoms with Crippen molar-refractivity contribution in [3.63, 3.8) is 0 Å². The van der Waals surface area contributed by atoms with Crippen molar-refractivity contribution in [3.05, 3.63) is 35.4 Å². The highest BCUT2D eigenvalue weighted by Gasteiger charge is 2.35. The molecule has 0 unspecified atom stereocenters. The molecule has 16 heavy (non-hydrogen) atoms. The highest BCUT2D eigenvalue weighted by molar-refractivity contribution is 5.32. The van der Waals surface area contributed by atoms with Gasteiger partial charge in [0, 0.05) is 12.8 Å². The Labute approximate surface area is 92.7 Å². The Morgan fingerprint density at radius 2 is 1.69 bits per heavy atom. The fourth-order valence-corrected chi connectivity index (χ4v) is 2.35. The first kappa shape index (κ1) is 11.5. The van der Waals surface area contributed by atoms with Crippen LogP contribution in [0.1, 0.15) is 29.9 Å². The summed E-state index contributed by atoms with van der Waals surface area (Å²) in [6, 6.07) is 5.97. The summed E-state index contributed by atoms with van der Waals surface area (Å²) in [5.41, 5.74) is 0.0185. The fourth-order valence-electron chi connectivity index (χ4n) is 2.35. The minimum Gasteiger partial charge on any atom is -0.346 e. The third-order valence-electron chi connectivity index (χ3n) is 3.14. The molecule has 0 saturated carbocycles. The average Bonchev–Trinajstić information content (AvgIpc) is 2.29. The van der Waals surface area contributed by atoms with Crippen LogP contribution >= 0.6 is 0 Å². The summed E-state index contributed by atoms with van der Waals surface area (Å²) >= 11 is 0. The van der Waals surface area contributed by atoms with Crippen molar-refractivity contribution in [1.29, 1.82) is 0 Å². The van der Waals surface area contributed by atoms with E-state index < -0.39 is 11.7 Å². The van der Waals surface area contributed by atoms with Crippen LogP contribution in [-0.4, -0.2) is 13.1 Å². The van der Waals surface area contributed by atoms with Crippen molar-refractivity contribution < 1.29 is 18.5 Å². The van der Waals surface area contributed by atoms with Crippen molar-refractivity contribution >= 4 is 0 Å². The molecule has 1 aliphatic heterocycles. The van der Waals surface area contributed by atoms with Gasteiger partial charge in [0.05, 0.1) is 18.7 Å². The monoisotopic (exact) mass is 230 g/mol. The molecule has 88 valence electrons. The third kappa shape index (κ3) is 2.38. The van der Waals surface area contributed by atoms with Crippen molar-refractivity contribution in [2.75, 3.05) is 13.1 Å². The van der Waals surface area contributed by atoms with Crippen LogP contribution in [0, 0.1) is 0 Å². The molecule has 0 amide bonds. The van der Waals surface area contributed by atoms with E-state index in [1.54, 1.807) is 12.1 Å². The highest BCUT2D eigenvalue weighted by Crippen LogP contribution is 2.37. The second kappa shape index (κ2) is 4.45. The molecule has 1 fully saturated rings. The van der Waals surface area contributed by atoms with Crippen LogP contribution in [-0.2, 0) is 6.18 Å². The van der Waals surface area contributed by atoms with E-state index in [9.17, 15) is 13.2 Å². The number of halogens is 3. The first-order chi connectivity index (χ1) is 7.59. The summed E-state index contributed by atoms with van der Waals surface area (Å²) in [6.07, 6.45) is -2.54. The SMILES string of the molecule is FC(F)(F)c1ccccc1C1CC[NH2+]CC1. The first-order valence-electron chi connectivity index (χ1n) is 5.57. The third-order valence-corrected chi connectivity index (χ3v) is 3.14. The standard InChI is InChI=1S/C12H14F3N/c13-12(14,15)11-4-2-1-3-10(11)9-5-7-16-8-6-9/h1-4,9,16H,5-8H2/p+1. The van der Waals surface area contributed by atoms with Gasteiger partial charge in [0.25, 0.3) is 0 Å². The molecular weight excluding hydrogens is 215 g/mol. The van der Waals surface area contributed by atoms with Crippen LogP contribution in [0.15, 0.2) is 24.3 Å². The molecule has 0 spiro atoms. The molecule has 2 N–H and O–H groups in total. The maximum Gasteiger partial charge on any atom is 0.416 e. The van der Waals surface area contributed by atoms with Gasteiger partial charge in [-0.15, -0.1) is 0 Å². The number of rotatable bonds is 1. The number of hydrogen-bond donors (Lipinski definition) is 1. The van der Waals surface area contributed by atoms with Crippen molar-refractivity contribution in [2.45, 2.75) is 24.9 Å². The lowest BCUT2D eigenvalue weighted by atomic mass is 9.87. The maximum absolute atomic E-state index is 12.8. The van der Waals surface area contributed by atoms with Gasteiger partial charge in [0.15, 0.2) is 0 Å². The normalized spacial score (nSPS) is 18.7. The number of piperidine rings is 1. The molecule has 0 aliphatic carbocycles. The Balaban J connectivity index is 2.32. The minimum atomic E-state index is -4.22. The molecule has 2 rings (SSSR count). The second-order valence-electron chi connectivity index (χ2n) is 4.23. The van der Waals surface area contributed by atoms with Gasteiger partial charge < -0.3 is 5.32 Å². The molecule has 1 saturated heterocycles. The zero-order valence-corrected chi connectivity index (χ0v) is 8.93. The number of alkyl halides is 3. The number of quaternary nitrogens is 1. The van der Waals surface area contributed by atoms with Crippen LogP contribution in [0.4, 0.5) is 13.2 Å². The van der Waals surface area contributed by atoms with Crippen molar-refractivity contribution in [1.82, 2.24) is 0 Å². The predicted molar refractivity (Wildman–Crippen MR) is 55.1 cm³/mol. The molecule has 0 aromatic heterocycles. The molecule has 0 radical (unpaired) electrons. The summed E-state index contributed by atoms with van der Waals surface area (Å²) in [5.74, 6) is 0.0721. The Morgan fingerprint density at radius 3 is 2.31 bits per heavy atom. The molecule has 1 nitrogen and oxygen atoms in total. The summed E-state index contributed by atoms with van der Waals surface area (Å²) < 4.78 is 38.4. The summed E-state index contributed by atoms with van der Waals surface area (Å²) in [5, 5.41) is 2.16. The molecule has 4 heteroatoms. The highest BCUT2D eigenvalue weighted by atomic mass is 19.4. The summed E-state index contributed by atoms with van der Waals surface area (Å²) in [6.45, 7) is 1.85. The zero-order valence-electron chi connectivity index (χ0n) is 8.93. The van der Waals surface area contributed by atoms with Crippen LogP contribution < -0.4 is 5.32 Å². The van der Waals surface area contributed by atoms with Gasteiger partial charge in [-0.3, -0.25) is 0 Å². The van der Waals surface area contributed by atoms with E-state index in [4.69, 9.17) is 0 Å². The Hall–Kier alpha value is -1.03. The molecule has 0 bridgehead atoms. The lowest BCUT2D eigenvalue weighted by molar-refractivity contribution is -0.663. The van der Waals surface area contributed by atoms with Crippen molar-refractivity contribution in [3.8, 4) is 0 Å². The quantitative estimate of drug-likeness (QED) is 0.761.